The molecule has 1 aromatic rings. The van der Waals surface area contributed by atoms with Crippen LogP contribution in [0.4, 0.5) is 0 Å². The van der Waals surface area contributed by atoms with Crippen LogP contribution in [0, 0.1) is 0 Å². The first-order chi connectivity index (χ1) is 9.62. The molecule has 1 aromatic carbocycles. The molecule has 0 saturated carbocycles. The molecule has 0 bridgehead atoms. The van der Waals surface area contributed by atoms with Gasteiger partial charge in [-0.1, -0.05) is 18.2 Å². The van der Waals surface area contributed by atoms with Crippen LogP contribution >= 0.6 is 0 Å². The normalized spacial score (nSPS) is 18.1. The van der Waals surface area contributed by atoms with E-state index >= 15 is 0 Å². The lowest BCUT2D eigenvalue weighted by Gasteiger charge is -2.33. The van der Waals surface area contributed by atoms with Crippen molar-refractivity contribution in [1.29, 1.82) is 0 Å². The minimum absolute atomic E-state index is 0.185. The molecule has 5 nitrogen and oxygen atoms in total. The summed E-state index contributed by atoms with van der Waals surface area (Å²) in [6, 6.07) is 9.73. The Kier molecular flexibility index (Phi) is 5.39. The van der Waals surface area contributed by atoms with Crippen LogP contribution in [0.2, 0.25) is 0 Å². The highest BCUT2D eigenvalue weighted by Gasteiger charge is 2.24. The molecule has 1 aliphatic heterocycles. The number of sulfonamides is 1. The summed E-state index contributed by atoms with van der Waals surface area (Å²) in [5.74, 6) is 1.06. The van der Waals surface area contributed by atoms with Gasteiger partial charge in [0.2, 0.25) is 10.0 Å². The highest BCUT2D eigenvalue weighted by atomic mass is 32.2. The summed E-state index contributed by atoms with van der Waals surface area (Å²) >= 11 is 0. The Morgan fingerprint density at radius 2 is 1.75 bits per heavy atom. The van der Waals surface area contributed by atoms with E-state index in [0.29, 0.717) is 19.7 Å². The average Bonchev–Trinajstić information content (AvgIpc) is 2.49. The monoisotopic (exact) mass is 298 g/mol. The molecular weight excluding hydrogens is 276 g/mol. The van der Waals surface area contributed by atoms with E-state index < -0.39 is 10.0 Å². The molecule has 0 aromatic heterocycles. The van der Waals surface area contributed by atoms with Crippen molar-refractivity contribution in [2.45, 2.75) is 6.92 Å². The molecule has 6 heteroatoms. The molecule has 0 amide bonds. The number of hydrogen-bond acceptors (Lipinski definition) is 4. The van der Waals surface area contributed by atoms with Gasteiger partial charge in [-0.05, 0) is 19.1 Å². The third-order valence-electron chi connectivity index (χ3n) is 3.51. The highest BCUT2D eigenvalue weighted by molar-refractivity contribution is 7.89. The lowest BCUT2D eigenvalue weighted by atomic mass is 10.3. The summed E-state index contributed by atoms with van der Waals surface area (Å²) in [6.07, 6.45) is 0. The van der Waals surface area contributed by atoms with Crippen molar-refractivity contribution >= 4 is 10.0 Å². The number of benzene rings is 1. The molecule has 0 radical (unpaired) electrons. The van der Waals surface area contributed by atoms with Gasteiger partial charge in [-0.25, -0.2) is 8.42 Å². The van der Waals surface area contributed by atoms with E-state index in [1.165, 1.54) is 0 Å². The van der Waals surface area contributed by atoms with Crippen molar-refractivity contribution in [3.8, 4) is 5.75 Å². The van der Waals surface area contributed by atoms with Crippen LogP contribution in [0.5, 0.6) is 5.75 Å². The maximum absolute atomic E-state index is 11.7. The fourth-order valence-electron chi connectivity index (χ4n) is 2.22. The number of piperazine rings is 1. The Morgan fingerprint density at radius 1 is 1.10 bits per heavy atom. The lowest BCUT2D eigenvalue weighted by Crippen LogP contribution is -2.49. The van der Waals surface area contributed by atoms with Gasteiger partial charge in [0.25, 0.3) is 0 Å². The van der Waals surface area contributed by atoms with Gasteiger partial charge in [0.05, 0.1) is 5.75 Å². The van der Waals surface area contributed by atoms with Crippen LogP contribution in [-0.2, 0) is 10.0 Å². The summed E-state index contributed by atoms with van der Waals surface area (Å²) < 4.78 is 30.7. The minimum atomic E-state index is -3.03. The quantitative estimate of drug-likeness (QED) is 0.787. The summed E-state index contributed by atoms with van der Waals surface area (Å²) in [7, 11) is -3.03. The molecule has 1 fully saturated rings. The summed E-state index contributed by atoms with van der Waals surface area (Å²) in [4.78, 5) is 2.24. The van der Waals surface area contributed by atoms with Gasteiger partial charge in [0.1, 0.15) is 12.4 Å². The third kappa shape index (κ3) is 4.19. The Morgan fingerprint density at radius 3 is 2.35 bits per heavy atom. The van der Waals surface area contributed by atoms with Gasteiger partial charge >= 0.3 is 0 Å². The van der Waals surface area contributed by atoms with E-state index in [1.54, 1.807) is 11.2 Å². The van der Waals surface area contributed by atoms with Crippen molar-refractivity contribution in [3.63, 3.8) is 0 Å². The molecule has 0 N–H and O–H groups in total. The van der Waals surface area contributed by atoms with Crippen LogP contribution in [0.3, 0.4) is 0 Å². The Hall–Kier alpha value is -1.11. The Bertz CT molecular complexity index is 496. The molecule has 0 atom stereocenters. The second-order valence-electron chi connectivity index (χ2n) is 4.80. The van der Waals surface area contributed by atoms with E-state index in [2.05, 4.69) is 4.90 Å². The standard InChI is InChI=1S/C14H22N2O3S/c1-2-20(17,18)16-10-8-15(9-11-16)12-13-19-14-6-4-3-5-7-14/h3-7H,2,8-13H2,1H3. The largest absolute Gasteiger partial charge is 0.492 e. The van der Waals surface area contributed by atoms with E-state index in [0.717, 1.165) is 25.4 Å². The molecule has 0 spiro atoms. The molecule has 112 valence electrons. The number of nitrogens with zero attached hydrogens (tertiary/aromatic N) is 2. The predicted octanol–water partition coefficient (Wildman–Crippen LogP) is 1.03. The third-order valence-corrected chi connectivity index (χ3v) is 5.39. The molecule has 1 aliphatic rings. The van der Waals surface area contributed by atoms with E-state index in [4.69, 9.17) is 4.74 Å². The smallest absolute Gasteiger partial charge is 0.213 e. The zero-order valence-corrected chi connectivity index (χ0v) is 12.7. The first-order valence-electron chi connectivity index (χ1n) is 7.00. The van der Waals surface area contributed by atoms with Crippen LogP contribution < -0.4 is 4.74 Å². The maximum atomic E-state index is 11.7. The van der Waals surface area contributed by atoms with Gasteiger partial charge < -0.3 is 4.74 Å². The zero-order chi connectivity index (χ0) is 14.4. The van der Waals surface area contributed by atoms with Crippen molar-refractivity contribution in [2.24, 2.45) is 0 Å². The maximum Gasteiger partial charge on any atom is 0.213 e. The van der Waals surface area contributed by atoms with Crippen LogP contribution in [0.25, 0.3) is 0 Å². The summed E-state index contributed by atoms with van der Waals surface area (Å²) in [5, 5.41) is 0. The second kappa shape index (κ2) is 7.06. The molecule has 0 aliphatic carbocycles. The van der Waals surface area contributed by atoms with Crippen molar-refractivity contribution < 1.29 is 13.2 Å². The lowest BCUT2D eigenvalue weighted by molar-refractivity contribution is 0.159. The molecule has 2 rings (SSSR count). The van der Waals surface area contributed by atoms with Crippen LogP contribution in [-0.4, -0.2) is 62.7 Å². The SMILES string of the molecule is CCS(=O)(=O)N1CCN(CCOc2ccccc2)CC1. The molecular formula is C14H22N2O3S. The second-order valence-corrected chi connectivity index (χ2v) is 7.06. The topological polar surface area (TPSA) is 49.9 Å². The van der Waals surface area contributed by atoms with Gasteiger partial charge in [-0.15, -0.1) is 0 Å². The predicted molar refractivity (Wildman–Crippen MR) is 79.4 cm³/mol. The van der Waals surface area contributed by atoms with Crippen molar-refractivity contribution in [1.82, 2.24) is 9.21 Å². The minimum Gasteiger partial charge on any atom is -0.492 e. The molecule has 1 saturated heterocycles. The fourth-order valence-corrected chi connectivity index (χ4v) is 3.31. The fraction of sp³-hybridized carbons (Fsp3) is 0.571. The molecule has 0 unspecified atom stereocenters. The number of hydrogen-bond donors (Lipinski definition) is 0. The zero-order valence-electron chi connectivity index (χ0n) is 11.9. The van der Waals surface area contributed by atoms with Crippen LogP contribution in [0.15, 0.2) is 30.3 Å². The number of rotatable bonds is 6. The molecule has 1 heterocycles. The molecule has 20 heavy (non-hydrogen) atoms. The van der Waals surface area contributed by atoms with Crippen LogP contribution in [0.1, 0.15) is 6.92 Å². The van der Waals surface area contributed by atoms with E-state index in [9.17, 15) is 8.42 Å². The first kappa shape index (κ1) is 15.3. The van der Waals surface area contributed by atoms with Crippen molar-refractivity contribution in [2.75, 3.05) is 45.1 Å². The van der Waals surface area contributed by atoms with Gasteiger partial charge in [-0.3, -0.25) is 4.90 Å². The summed E-state index contributed by atoms with van der Waals surface area (Å²) in [5.41, 5.74) is 0. The summed E-state index contributed by atoms with van der Waals surface area (Å²) in [6.45, 7) is 5.87. The Labute approximate surface area is 121 Å². The van der Waals surface area contributed by atoms with Crippen molar-refractivity contribution in [3.05, 3.63) is 30.3 Å². The Balaban J connectivity index is 1.70. The van der Waals surface area contributed by atoms with E-state index in [-0.39, 0.29) is 5.75 Å². The average molecular weight is 298 g/mol. The highest BCUT2D eigenvalue weighted by Crippen LogP contribution is 2.10. The number of ether oxygens (including phenoxy) is 1. The van der Waals surface area contributed by atoms with E-state index in [1.807, 2.05) is 30.3 Å². The van der Waals surface area contributed by atoms with Gasteiger partial charge in [0.15, 0.2) is 0 Å². The van der Waals surface area contributed by atoms with Gasteiger partial charge in [-0.2, -0.15) is 4.31 Å². The first-order valence-corrected chi connectivity index (χ1v) is 8.61. The number of para-hydroxylation sites is 1. The van der Waals surface area contributed by atoms with Gasteiger partial charge in [0, 0.05) is 32.7 Å².